The summed E-state index contributed by atoms with van der Waals surface area (Å²) >= 11 is 1.72. The zero-order valence-electron chi connectivity index (χ0n) is 15.3. The average molecular weight is 367 g/mol. The van der Waals surface area contributed by atoms with Gasteiger partial charge in [0, 0.05) is 19.4 Å². The van der Waals surface area contributed by atoms with E-state index < -0.39 is 18.1 Å². The van der Waals surface area contributed by atoms with Crippen LogP contribution in [0.15, 0.2) is 30.3 Å². The molecule has 25 heavy (non-hydrogen) atoms. The average Bonchev–Trinajstić information content (AvgIpc) is 2.61. The fourth-order valence-corrected chi connectivity index (χ4v) is 3.37. The highest BCUT2D eigenvalue weighted by atomic mass is 32.2. The summed E-state index contributed by atoms with van der Waals surface area (Å²) in [6.45, 7) is 5.98. The molecule has 6 heteroatoms. The minimum Gasteiger partial charge on any atom is -0.381 e. The minimum atomic E-state index is -1.24. The number of hydrogen-bond acceptors (Lipinski definition) is 4. The van der Waals surface area contributed by atoms with E-state index >= 15 is 0 Å². The van der Waals surface area contributed by atoms with Gasteiger partial charge in [0.05, 0.1) is 6.04 Å². The molecular weight excluding hydrogens is 336 g/mol. The Hall–Kier alpha value is -1.53. The first-order chi connectivity index (χ1) is 12.0. The largest absolute Gasteiger partial charge is 0.381 e. The van der Waals surface area contributed by atoms with Gasteiger partial charge in [-0.1, -0.05) is 44.2 Å². The van der Waals surface area contributed by atoms with Crippen molar-refractivity contribution in [2.24, 2.45) is 0 Å². The van der Waals surface area contributed by atoms with Gasteiger partial charge in [-0.3, -0.25) is 9.59 Å². The first-order valence-corrected chi connectivity index (χ1v) is 10.0. The summed E-state index contributed by atoms with van der Waals surface area (Å²) in [5.74, 6) is 1.27. The Morgan fingerprint density at radius 1 is 1.20 bits per heavy atom. The van der Waals surface area contributed by atoms with Crippen LogP contribution < -0.4 is 10.6 Å². The second kappa shape index (κ2) is 11.9. The van der Waals surface area contributed by atoms with E-state index in [0.717, 1.165) is 23.5 Å². The highest BCUT2D eigenvalue weighted by molar-refractivity contribution is 7.99. The summed E-state index contributed by atoms with van der Waals surface area (Å²) < 4.78 is 0. The van der Waals surface area contributed by atoms with E-state index in [1.165, 1.54) is 6.92 Å². The number of hydrogen-bond donors (Lipinski definition) is 3. The van der Waals surface area contributed by atoms with Crippen molar-refractivity contribution in [1.82, 2.24) is 10.6 Å². The molecule has 0 saturated heterocycles. The van der Waals surface area contributed by atoms with Gasteiger partial charge in [-0.05, 0) is 29.9 Å². The van der Waals surface area contributed by atoms with Gasteiger partial charge in [-0.15, -0.1) is 0 Å². The molecule has 0 aliphatic heterocycles. The first-order valence-electron chi connectivity index (χ1n) is 8.85. The van der Waals surface area contributed by atoms with Crippen molar-refractivity contribution in [2.45, 2.75) is 51.7 Å². The molecule has 1 rings (SSSR count). The molecule has 0 heterocycles. The van der Waals surface area contributed by atoms with Crippen molar-refractivity contribution in [3.05, 3.63) is 35.9 Å². The molecule has 0 saturated carbocycles. The van der Waals surface area contributed by atoms with Crippen LogP contribution in [-0.4, -0.2) is 47.1 Å². The van der Waals surface area contributed by atoms with Crippen LogP contribution in [0.4, 0.5) is 0 Å². The van der Waals surface area contributed by atoms with E-state index in [9.17, 15) is 14.7 Å². The molecule has 0 aliphatic rings. The van der Waals surface area contributed by atoms with Crippen molar-refractivity contribution in [3.8, 4) is 0 Å². The number of aliphatic hydroxyl groups excluding tert-OH is 1. The number of rotatable bonds is 11. The van der Waals surface area contributed by atoms with Crippen LogP contribution >= 0.6 is 11.8 Å². The number of nitrogens with one attached hydrogen (secondary N) is 2. The fraction of sp³-hybridized carbons (Fsp3) is 0.579. The van der Waals surface area contributed by atoms with Crippen LogP contribution in [0.3, 0.4) is 0 Å². The van der Waals surface area contributed by atoms with Crippen molar-refractivity contribution in [3.63, 3.8) is 0 Å². The first kappa shape index (κ1) is 21.5. The van der Waals surface area contributed by atoms with E-state index in [-0.39, 0.29) is 11.8 Å². The fourth-order valence-electron chi connectivity index (χ4n) is 2.66. The van der Waals surface area contributed by atoms with E-state index in [0.29, 0.717) is 13.0 Å². The number of carbonyl (C=O) groups is 2. The number of carbonyl (C=O) groups excluding carboxylic acids is 2. The molecule has 0 fully saturated rings. The molecule has 0 bridgehead atoms. The molecule has 5 nitrogen and oxygen atoms in total. The van der Waals surface area contributed by atoms with Crippen molar-refractivity contribution in [2.75, 3.05) is 18.1 Å². The Bertz CT molecular complexity index is 525. The molecule has 3 N–H and O–H groups in total. The van der Waals surface area contributed by atoms with Gasteiger partial charge in [0.2, 0.25) is 5.91 Å². The smallest absolute Gasteiger partial charge is 0.251 e. The number of thioether (sulfide) groups is 1. The van der Waals surface area contributed by atoms with Gasteiger partial charge < -0.3 is 15.7 Å². The van der Waals surface area contributed by atoms with E-state index in [2.05, 4.69) is 24.5 Å². The lowest BCUT2D eigenvalue weighted by Crippen LogP contribution is -2.51. The van der Waals surface area contributed by atoms with E-state index in [4.69, 9.17) is 0 Å². The molecule has 3 unspecified atom stereocenters. The maximum atomic E-state index is 12.3. The predicted molar refractivity (Wildman–Crippen MR) is 104 cm³/mol. The molecule has 3 atom stereocenters. The quantitative estimate of drug-likeness (QED) is 0.525. The van der Waals surface area contributed by atoms with Crippen molar-refractivity contribution >= 4 is 23.6 Å². The zero-order chi connectivity index (χ0) is 18.7. The Morgan fingerprint density at radius 2 is 1.88 bits per heavy atom. The lowest BCUT2D eigenvalue weighted by Gasteiger charge is -2.24. The Balaban J connectivity index is 2.60. The molecule has 0 aromatic heterocycles. The molecule has 0 spiro atoms. The highest BCUT2D eigenvalue weighted by Crippen LogP contribution is 2.18. The van der Waals surface area contributed by atoms with Crippen molar-refractivity contribution < 1.29 is 14.7 Å². The van der Waals surface area contributed by atoms with E-state index in [1.54, 1.807) is 11.8 Å². The van der Waals surface area contributed by atoms with Gasteiger partial charge in [0.15, 0.2) is 6.10 Å². The second-order valence-corrected chi connectivity index (χ2v) is 7.39. The van der Waals surface area contributed by atoms with Gasteiger partial charge >= 0.3 is 0 Å². The third-order valence-electron chi connectivity index (χ3n) is 4.10. The Labute approximate surface area is 155 Å². The number of amides is 2. The summed E-state index contributed by atoms with van der Waals surface area (Å²) in [5.41, 5.74) is 1.16. The maximum Gasteiger partial charge on any atom is 0.251 e. The molecule has 140 valence electrons. The molecule has 1 aromatic rings. The van der Waals surface area contributed by atoms with Crippen LogP contribution in [0, 0.1) is 0 Å². The van der Waals surface area contributed by atoms with Gasteiger partial charge in [-0.25, -0.2) is 0 Å². The summed E-state index contributed by atoms with van der Waals surface area (Å²) in [5, 5.41) is 15.9. The lowest BCUT2D eigenvalue weighted by molar-refractivity contribution is -0.132. The monoisotopic (exact) mass is 366 g/mol. The molecule has 2 amide bonds. The molecule has 0 aliphatic carbocycles. The summed E-state index contributed by atoms with van der Waals surface area (Å²) in [7, 11) is 0. The normalized spacial score (nSPS) is 14.4. The minimum absolute atomic E-state index is 0.201. The van der Waals surface area contributed by atoms with Crippen LogP contribution in [0.5, 0.6) is 0 Å². The molecular formula is C19H30N2O3S. The third kappa shape index (κ3) is 7.92. The van der Waals surface area contributed by atoms with Crippen LogP contribution in [0.25, 0.3) is 0 Å². The topological polar surface area (TPSA) is 78.4 Å². The lowest BCUT2D eigenvalue weighted by atomic mass is 9.96. The van der Waals surface area contributed by atoms with Gasteiger partial charge in [0.1, 0.15) is 0 Å². The van der Waals surface area contributed by atoms with Crippen LogP contribution in [0.1, 0.15) is 45.1 Å². The Morgan fingerprint density at radius 3 is 2.44 bits per heavy atom. The second-order valence-electron chi connectivity index (χ2n) is 6.00. The number of aliphatic hydroxyl groups is 1. The SMILES string of the molecule is CCSCCC(NC(C)=O)C(O)C(=O)NCC(CC)c1ccccc1. The van der Waals surface area contributed by atoms with Crippen molar-refractivity contribution in [1.29, 1.82) is 0 Å². The Kier molecular flexibility index (Phi) is 10.3. The summed E-state index contributed by atoms with van der Waals surface area (Å²) in [6, 6.07) is 9.44. The third-order valence-corrected chi connectivity index (χ3v) is 5.03. The highest BCUT2D eigenvalue weighted by Gasteiger charge is 2.27. The molecule has 1 aromatic carbocycles. The van der Waals surface area contributed by atoms with Gasteiger partial charge in [0.25, 0.3) is 5.91 Å². The maximum absolute atomic E-state index is 12.3. The van der Waals surface area contributed by atoms with Crippen LogP contribution in [-0.2, 0) is 9.59 Å². The number of benzene rings is 1. The predicted octanol–water partition coefficient (Wildman–Crippen LogP) is 2.31. The van der Waals surface area contributed by atoms with Crippen LogP contribution in [0.2, 0.25) is 0 Å². The summed E-state index contributed by atoms with van der Waals surface area (Å²) in [4.78, 5) is 23.7. The zero-order valence-corrected chi connectivity index (χ0v) is 16.1. The summed E-state index contributed by atoms with van der Waals surface area (Å²) in [6.07, 6.45) is 0.209. The van der Waals surface area contributed by atoms with E-state index in [1.807, 2.05) is 30.3 Å². The standard InChI is InChI=1S/C19H30N2O3S/c1-4-15(16-9-7-6-8-10-16)13-20-19(24)18(23)17(21-14(3)22)11-12-25-5-2/h6-10,15,17-18,23H,4-5,11-13H2,1-3H3,(H,20,24)(H,21,22). The van der Waals surface area contributed by atoms with Gasteiger partial charge in [-0.2, -0.15) is 11.8 Å². The molecule has 0 radical (unpaired) electrons.